The molecule has 0 aliphatic heterocycles. The van der Waals surface area contributed by atoms with E-state index in [2.05, 4.69) is 10.3 Å². The molecule has 0 bridgehead atoms. The number of nitrogens with one attached hydrogen (secondary N) is 1. The summed E-state index contributed by atoms with van der Waals surface area (Å²) in [4.78, 5) is 16.4. The molecular weight excluding hydrogens is 214 g/mol. The Morgan fingerprint density at radius 2 is 2.18 bits per heavy atom. The van der Waals surface area contributed by atoms with Crippen LogP contribution in [0.5, 0.6) is 0 Å². The molecule has 0 spiro atoms. The Hall–Kier alpha value is -1.42. The fraction of sp³-hybridized carbons (Fsp3) is 0.538. The van der Waals surface area contributed by atoms with Crippen molar-refractivity contribution in [3.8, 4) is 0 Å². The second-order valence-electron chi connectivity index (χ2n) is 4.76. The fourth-order valence-corrected chi connectivity index (χ4v) is 2.34. The Bertz CT molecular complexity index is 431. The molecule has 1 aliphatic carbocycles. The molecule has 1 aromatic heterocycles. The zero-order valence-electron chi connectivity index (χ0n) is 10.4. The van der Waals surface area contributed by atoms with Gasteiger partial charge in [-0.3, -0.25) is 9.78 Å². The van der Waals surface area contributed by atoms with E-state index in [-0.39, 0.29) is 18.0 Å². The lowest BCUT2D eigenvalue weighted by Crippen LogP contribution is -2.44. The second kappa shape index (κ2) is 4.84. The summed E-state index contributed by atoms with van der Waals surface area (Å²) in [6, 6.07) is 3.89. The Morgan fingerprint density at radius 3 is 2.76 bits per heavy atom. The van der Waals surface area contributed by atoms with Crippen molar-refractivity contribution in [2.75, 3.05) is 0 Å². The van der Waals surface area contributed by atoms with E-state index >= 15 is 0 Å². The number of rotatable bonds is 2. The number of hydrogen-bond donors (Lipinski definition) is 2. The fourth-order valence-electron chi connectivity index (χ4n) is 2.34. The van der Waals surface area contributed by atoms with Crippen LogP contribution in [0.15, 0.2) is 12.1 Å². The average molecular weight is 233 g/mol. The van der Waals surface area contributed by atoms with Crippen molar-refractivity contribution in [1.82, 2.24) is 10.3 Å². The van der Waals surface area contributed by atoms with Crippen LogP contribution in [0.3, 0.4) is 0 Å². The number of aryl methyl sites for hydroxylation is 2. The molecule has 17 heavy (non-hydrogen) atoms. The van der Waals surface area contributed by atoms with Gasteiger partial charge in [-0.05, 0) is 45.2 Å². The smallest absolute Gasteiger partial charge is 0.253 e. The van der Waals surface area contributed by atoms with Gasteiger partial charge >= 0.3 is 0 Å². The van der Waals surface area contributed by atoms with Crippen molar-refractivity contribution in [2.45, 2.75) is 45.2 Å². The van der Waals surface area contributed by atoms with Crippen LogP contribution in [0.2, 0.25) is 0 Å². The van der Waals surface area contributed by atoms with Gasteiger partial charge in [-0.25, -0.2) is 0 Å². The third kappa shape index (κ3) is 2.64. The van der Waals surface area contributed by atoms with Crippen molar-refractivity contribution in [1.29, 1.82) is 0 Å². The molecule has 1 fully saturated rings. The number of carbonyl (C=O) groups excluding carboxylic acids is 1. The zero-order valence-corrected chi connectivity index (χ0v) is 10.4. The summed E-state index contributed by atoms with van der Waals surface area (Å²) in [7, 11) is 0. The number of aromatic nitrogens is 1. The summed E-state index contributed by atoms with van der Waals surface area (Å²) in [5.41, 5.74) is 8.28. The molecule has 2 unspecified atom stereocenters. The van der Waals surface area contributed by atoms with Gasteiger partial charge in [0.2, 0.25) is 0 Å². The summed E-state index contributed by atoms with van der Waals surface area (Å²) in [6.45, 7) is 3.78. The van der Waals surface area contributed by atoms with E-state index in [9.17, 15) is 4.79 Å². The third-order valence-electron chi connectivity index (χ3n) is 3.36. The average Bonchev–Trinajstić information content (AvgIpc) is 2.64. The molecule has 2 rings (SSSR count). The van der Waals surface area contributed by atoms with Gasteiger partial charge in [0.15, 0.2) is 0 Å². The molecule has 1 heterocycles. The normalized spacial score (nSPS) is 23.7. The maximum Gasteiger partial charge on any atom is 0.253 e. The third-order valence-corrected chi connectivity index (χ3v) is 3.36. The van der Waals surface area contributed by atoms with E-state index < -0.39 is 0 Å². The minimum atomic E-state index is -0.0580. The minimum absolute atomic E-state index is 0.0580. The standard InChI is InChI=1S/C13H19N3O/c1-8-6-7-10(9(2)15-8)13(17)16-12-5-3-4-11(12)14/h6-7,11-12H,3-5,14H2,1-2H3,(H,16,17). The van der Waals surface area contributed by atoms with E-state index in [1.54, 1.807) is 0 Å². The van der Waals surface area contributed by atoms with Gasteiger partial charge in [0.25, 0.3) is 5.91 Å². The zero-order chi connectivity index (χ0) is 12.4. The van der Waals surface area contributed by atoms with Crippen molar-refractivity contribution in [2.24, 2.45) is 5.73 Å². The van der Waals surface area contributed by atoms with Crippen LogP contribution in [-0.4, -0.2) is 23.0 Å². The van der Waals surface area contributed by atoms with Crippen LogP contribution in [0.1, 0.15) is 41.0 Å². The van der Waals surface area contributed by atoms with Crippen LogP contribution < -0.4 is 11.1 Å². The predicted molar refractivity (Wildman–Crippen MR) is 66.8 cm³/mol. The summed E-state index contributed by atoms with van der Waals surface area (Å²) in [5.74, 6) is -0.0580. The molecule has 0 saturated heterocycles. The lowest BCUT2D eigenvalue weighted by atomic mass is 10.1. The van der Waals surface area contributed by atoms with Crippen molar-refractivity contribution >= 4 is 5.91 Å². The number of nitrogens with two attached hydrogens (primary N) is 1. The van der Waals surface area contributed by atoms with Crippen LogP contribution in [0, 0.1) is 13.8 Å². The second-order valence-corrected chi connectivity index (χ2v) is 4.76. The van der Waals surface area contributed by atoms with Gasteiger partial charge in [-0.1, -0.05) is 0 Å². The highest BCUT2D eigenvalue weighted by atomic mass is 16.1. The van der Waals surface area contributed by atoms with Crippen LogP contribution >= 0.6 is 0 Å². The minimum Gasteiger partial charge on any atom is -0.348 e. The molecule has 3 N–H and O–H groups in total. The van der Waals surface area contributed by atoms with Crippen molar-refractivity contribution in [3.05, 3.63) is 29.1 Å². The molecule has 1 aromatic rings. The molecule has 1 aliphatic rings. The highest BCUT2D eigenvalue weighted by Crippen LogP contribution is 2.18. The highest BCUT2D eigenvalue weighted by Gasteiger charge is 2.26. The van der Waals surface area contributed by atoms with Gasteiger partial charge in [-0.15, -0.1) is 0 Å². The quantitative estimate of drug-likeness (QED) is 0.809. The first-order valence-corrected chi connectivity index (χ1v) is 6.08. The van der Waals surface area contributed by atoms with E-state index in [1.807, 2.05) is 26.0 Å². The van der Waals surface area contributed by atoms with Gasteiger partial charge in [0.1, 0.15) is 0 Å². The molecule has 1 amide bonds. The molecule has 92 valence electrons. The molecular formula is C13H19N3O. The molecule has 0 aromatic carbocycles. The molecule has 4 heteroatoms. The first-order chi connectivity index (χ1) is 8.08. The first-order valence-electron chi connectivity index (χ1n) is 6.08. The Morgan fingerprint density at radius 1 is 1.41 bits per heavy atom. The Kier molecular flexibility index (Phi) is 3.43. The number of hydrogen-bond acceptors (Lipinski definition) is 3. The first kappa shape index (κ1) is 12.0. The van der Waals surface area contributed by atoms with E-state index in [1.165, 1.54) is 0 Å². The SMILES string of the molecule is Cc1ccc(C(=O)NC2CCCC2N)c(C)n1. The lowest BCUT2D eigenvalue weighted by Gasteiger charge is -2.17. The maximum absolute atomic E-state index is 12.1. The molecule has 4 nitrogen and oxygen atoms in total. The van der Waals surface area contributed by atoms with Crippen LogP contribution in [-0.2, 0) is 0 Å². The molecule has 0 radical (unpaired) electrons. The highest BCUT2D eigenvalue weighted by molar-refractivity contribution is 5.95. The van der Waals surface area contributed by atoms with Gasteiger partial charge in [0, 0.05) is 17.8 Å². The van der Waals surface area contributed by atoms with Crippen molar-refractivity contribution < 1.29 is 4.79 Å². The molecule has 1 saturated carbocycles. The monoisotopic (exact) mass is 233 g/mol. The predicted octanol–water partition coefficient (Wildman–Crippen LogP) is 1.31. The van der Waals surface area contributed by atoms with Gasteiger partial charge < -0.3 is 11.1 Å². The number of pyridine rings is 1. The summed E-state index contributed by atoms with van der Waals surface area (Å²) < 4.78 is 0. The van der Waals surface area contributed by atoms with E-state index in [0.29, 0.717) is 5.56 Å². The summed E-state index contributed by atoms with van der Waals surface area (Å²) in [6.07, 6.45) is 3.07. The van der Waals surface area contributed by atoms with Crippen molar-refractivity contribution in [3.63, 3.8) is 0 Å². The maximum atomic E-state index is 12.1. The summed E-state index contributed by atoms with van der Waals surface area (Å²) >= 11 is 0. The Labute approximate surface area is 102 Å². The van der Waals surface area contributed by atoms with E-state index in [4.69, 9.17) is 5.73 Å². The number of nitrogens with zero attached hydrogens (tertiary/aromatic N) is 1. The summed E-state index contributed by atoms with van der Waals surface area (Å²) in [5, 5.41) is 3.00. The van der Waals surface area contributed by atoms with Crippen LogP contribution in [0.4, 0.5) is 0 Å². The molecule has 2 atom stereocenters. The van der Waals surface area contributed by atoms with Gasteiger partial charge in [0.05, 0.1) is 11.3 Å². The lowest BCUT2D eigenvalue weighted by molar-refractivity contribution is 0.0933. The van der Waals surface area contributed by atoms with E-state index in [0.717, 1.165) is 30.7 Å². The van der Waals surface area contributed by atoms with Gasteiger partial charge in [-0.2, -0.15) is 0 Å². The van der Waals surface area contributed by atoms with Crippen LogP contribution in [0.25, 0.3) is 0 Å². The number of amides is 1. The number of carbonyl (C=O) groups is 1. The Balaban J connectivity index is 2.09. The topological polar surface area (TPSA) is 68.0 Å². The largest absolute Gasteiger partial charge is 0.348 e.